The van der Waals surface area contributed by atoms with E-state index in [9.17, 15) is 0 Å². The minimum atomic E-state index is 0.698. The topological polar surface area (TPSA) is 24.9 Å². The molecule has 0 saturated heterocycles. The van der Waals surface area contributed by atoms with E-state index in [1.807, 2.05) is 49.4 Å². The van der Waals surface area contributed by atoms with Crippen LogP contribution in [0.5, 0.6) is 0 Å². The van der Waals surface area contributed by atoms with Crippen LogP contribution in [0.15, 0.2) is 48.5 Å². The highest BCUT2D eigenvalue weighted by Crippen LogP contribution is 2.30. The SMILES string of the molecule is Cc1nc(Nc2ccccc2)sc1Cc1cc(Cl)ccc1Cl. The van der Waals surface area contributed by atoms with Gasteiger partial charge >= 0.3 is 0 Å². The van der Waals surface area contributed by atoms with Crippen molar-refractivity contribution in [2.45, 2.75) is 13.3 Å². The molecule has 0 atom stereocenters. The zero-order chi connectivity index (χ0) is 15.5. The number of thiazole rings is 1. The largest absolute Gasteiger partial charge is 0.332 e. The standard InChI is InChI=1S/C17H14Cl2N2S/c1-11-16(10-12-9-13(18)7-8-15(12)19)22-17(20-11)21-14-5-3-2-4-6-14/h2-9H,10H2,1H3,(H,20,21). The van der Waals surface area contributed by atoms with Gasteiger partial charge in [-0.05, 0) is 42.8 Å². The molecule has 2 aromatic carbocycles. The summed E-state index contributed by atoms with van der Waals surface area (Å²) in [6.07, 6.45) is 0.735. The molecule has 0 aliphatic carbocycles. The fourth-order valence-corrected chi connectivity index (χ4v) is 3.53. The highest BCUT2D eigenvalue weighted by Gasteiger charge is 2.11. The van der Waals surface area contributed by atoms with E-state index in [-0.39, 0.29) is 0 Å². The summed E-state index contributed by atoms with van der Waals surface area (Å²) in [6, 6.07) is 15.6. The van der Waals surface area contributed by atoms with E-state index in [2.05, 4.69) is 10.3 Å². The number of aryl methyl sites for hydroxylation is 1. The number of nitrogens with one attached hydrogen (secondary N) is 1. The number of para-hydroxylation sites is 1. The van der Waals surface area contributed by atoms with E-state index in [0.29, 0.717) is 5.02 Å². The Morgan fingerprint density at radius 3 is 2.64 bits per heavy atom. The van der Waals surface area contributed by atoms with Gasteiger partial charge < -0.3 is 5.32 Å². The van der Waals surface area contributed by atoms with Crippen molar-refractivity contribution in [2.24, 2.45) is 0 Å². The number of hydrogen-bond donors (Lipinski definition) is 1. The summed E-state index contributed by atoms with van der Waals surface area (Å²) in [7, 11) is 0. The molecule has 0 aliphatic rings. The van der Waals surface area contributed by atoms with Gasteiger partial charge in [-0.3, -0.25) is 0 Å². The number of benzene rings is 2. The van der Waals surface area contributed by atoms with Crippen molar-refractivity contribution in [3.63, 3.8) is 0 Å². The number of rotatable bonds is 4. The molecule has 22 heavy (non-hydrogen) atoms. The van der Waals surface area contributed by atoms with Gasteiger partial charge in [0.05, 0.1) is 5.69 Å². The van der Waals surface area contributed by atoms with Crippen LogP contribution in [-0.2, 0) is 6.42 Å². The van der Waals surface area contributed by atoms with E-state index in [0.717, 1.165) is 33.5 Å². The molecule has 0 spiro atoms. The molecule has 0 unspecified atom stereocenters. The lowest BCUT2D eigenvalue weighted by Crippen LogP contribution is -1.89. The normalized spacial score (nSPS) is 10.7. The lowest BCUT2D eigenvalue weighted by molar-refractivity contribution is 1.15. The number of aromatic nitrogens is 1. The van der Waals surface area contributed by atoms with Crippen LogP contribution in [0.2, 0.25) is 10.0 Å². The smallest absolute Gasteiger partial charge is 0.187 e. The Labute approximate surface area is 143 Å². The minimum Gasteiger partial charge on any atom is -0.332 e. The van der Waals surface area contributed by atoms with Crippen LogP contribution >= 0.6 is 34.5 Å². The maximum absolute atomic E-state index is 6.24. The first-order chi connectivity index (χ1) is 10.6. The van der Waals surface area contributed by atoms with Gasteiger partial charge in [0.1, 0.15) is 0 Å². The molecule has 3 aromatic rings. The molecule has 0 amide bonds. The summed E-state index contributed by atoms with van der Waals surface area (Å²) < 4.78 is 0. The molecule has 0 saturated carbocycles. The lowest BCUT2D eigenvalue weighted by atomic mass is 10.1. The number of nitrogens with zero attached hydrogens (tertiary/aromatic N) is 1. The second-order valence-electron chi connectivity index (χ2n) is 4.93. The van der Waals surface area contributed by atoms with Gasteiger partial charge in [0.25, 0.3) is 0 Å². The Morgan fingerprint density at radius 1 is 1.09 bits per heavy atom. The first kappa shape index (κ1) is 15.3. The van der Waals surface area contributed by atoms with Crippen molar-refractivity contribution < 1.29 is 0 Å². The number of hydrogen-bond acceptors (Lipinski definition) is 3. The summed E-state index contributed by atoms with van der Waals surface area (Å²) in [5.41, 5.74) is 3.07. The molecular formula is C17H14Cl2N2S. The van der Waals surface area contributed by atoms with Crippen molar-refractivity contribution in [3.8, 4) is 0 Å². The molecule has 112 valence electrons. The fourth-order valence-electron chi connectivity index (χ4n) is 2.14. The Balaban J connectivity index is 1.82. The highest BCUT2D eigenvalue weighted by atomic mass is 35.5. The lowest BCUT2D eigenvalue weighted by Gasteiger charge is -2.03. The van der Waals surface area contributed by atoms with Crippen molar-refractivity contribution >= 4 is 45.4 Å². The van der Waals surface area contributed by atoms with Crippen molar-refractivity contribution in [1.82, 2.24) is 4.98 Å². The monoisotopic (exact) mass is 348 g/mol. The van der Waals surface area contributed by atoms with Gasteiger partial charge in [-0.2, -0.15) is 0 Å². The van der Waals surface area contributed by atoms with Gasteiger partial charge in [0.15, 0.2) is 5.13 Å². The zero-order valence-corrected chi connectivity index (χ0v) is 14.3. The fraction of sp³-hybridized carbons (Fsp3) is 0.118. The summed E-state index contributed by atoms with van der Waals surface area (Å²) >= 11 is 13.9. The van der Waals surface area contributed by atoms with Crippen LogP contribution < -0.4 is 5.32 Å². The molecular weight excluding hydrogens is 335 g/mol. The predicted octanol–water partition coefficient (Wildman–Crippen LogP) is 6.09. The van der Waals surface area contributed by atoms with Crippen LogP contribution in [0.4, 0.5) is 10.8 Å². The van der Waals surface area contributed by atoms with E-state index in [1.165, 1.54) is 4.88 Å². The van der Waals surface area contributed by atoms with Gasteiger partial charge in [-0.15, -0.1) is 11.3 Å². The molecule has 1 heterocycles. The summed E-state index contributed by atoms with van der Waals surface area (Å²) in [4.78, 5) is 5.77. The Bertz CT molecular complexity index is 785. The molecule has 3 rings (SSSR count). The second-order valence-corrected chi connectivity index (χ2v) is 6.86. The van der Waals surface area contributed by atoms with Crippen molar-refractivity contribution in [1.29, 1.82) is 0 Å². The Kier molecular flexibility index (Phi) is 4.67. The third-order valence-corrected chi connectivity index (χ3v) is 4.95. The van der Waals surface area contributed by atoms with Crippen LogP contribution in [0, 0.1) is 6.92 Å². The van der Waals surface area contributed by atoms with Crippen LogP contribution in [0.25, 0.3) is 0 Å². The van der Waals surface area contributed by atoms with Crippen molar-refractivity contribution in [3.05, 3.63) is 74.7 Å². The molecule has 0 fully saturated rings. The van der Waals surface area contributed by atoms with Crippen molar-refractivity contribution in [2.75, 3.05) is 5.32 Å². The van der Waals surface area contributed by atoms with Gasteiger partial charge in [0, 0.05) is 27.0 Å². The summed E-state index contributed by atoms with van der Waals surface area (Å²) in [6.45, 7) is 2.01. The van der Waals surface area contributed by atoms with E-state index >= 15 is 0 Å². The summed E-state index contributed by atoms with van der Waals surface area (Å²) in [5, 5.41) is 5.64. The maximum atomic E-state index is 6.24. The quantitative estimate of drug-likeness (QED) is 0.616. The maximum Gasteiger partial charge on any atom is 0.187 e. The summed E-state index contributed by atoms with van der Waals surface area (Å²) in [5.74, 6) is 0. The van der Waals surface area contributed by atoms with E-state index in [4.69, 9.17) is 23.2 Å². The van der Waals surface area contributed by atoms with Gasteiger partial charge in [0.2, 0.25) is 0 Å². The average Bonchev–Trinajstić information content (AvgIpc) is 2.84. The number of anilines is 2. The highest BCUT2D eigenvalue weighted by molar-refractivity contribution is 7.15. The van der Waals surface area contributed by atoms with E-state index < -0.39 is 0 Å². The number of halogens is 2. The van der Waals surface area contributed by atoms with Crippen LogP contribution in [-0.4, -0.2) is 4.98 Å². The third kappa shape index (κ3) is 3.61. The average molecular weight is 349 g/mol. The predicted molar refractivity (Wildman–Crippen MR) is 95.8 cm³/mol. The molecule has 1 aromatic heterocycles. The first-order valence-electron chi connectivity index (χ1n) is 6.84. The van der Waals surface area contributed by atoms with Gasteiger partial charge in [-0.25, -0.2) is 4.98 Å². The zero-order valence-electron chi connectivity index (χ0n) is 11.9. The van der Waals surface area contributed by atoms with Crippen LogP contribution in [0.1, 0.15) is 16.1 Å². The Morgan fingerprint density at radius 2 is 1.86 bits per heavy atom. The molecule has 0 bridgehead atoms. The molecule has 2 nitrogen and oxygen atoms in total. The van der Waals surface area contributed by atoms with Crippen LogP contribution in [0.3, 0.4) is 0 Å². The van der Waals surface area contributed by atoms with E-state index in [1.54, 1.807) is 17.4 Å². The molecule has 0 radical (unpaired) electrons. The third-order valence-electron chi connectivity index (χ3n) is 3.28. The minimum absolute atomic E-state index is 0.698. The first-order valence-corrected chi connectivity index (χ1v) is 8.41. The molecule has 5 heteroatoms. The molecule has 1 N–H and O–H groups in total. The Hall–Kier alpha value is -1.55. The molecule has 0 aliphatic heterocycles. The van der Waals surface area contributed by atoms with Gasteiger partial charge in [-0.1, -0.05) is 41.4 Å². The second kappa shape index (κ2) is 6.69.